The number of hydrogen-bond donors (Lipinski definition) is 1. The maximum absolute atomic E-state index is 13.5. The molecule has 0 aromatic carbocycles. The molecule has 0 saturated carbocycles. The van der Waals surface area contributed by atoms with Crippen LogP contribution in [0.2, 0.25) is 5.15 Å². The molecule has 0 fully saturated rings. The summed E-state index contributed by atoms with van der Waals surface area (Å²) in [7, 11) is 0. The lowest BCUT2D eigenvalue weighted by atomic mass is 9.86. The minimum Gasteiger partial charge on any atom is -0.397 e. The van der Waals surface area contributed by atoms with E-state index in [1.165, 1.54) is 6.20 Å². The summed E-state index contributed by atoms with van der Waals surface area (Å²) in [4.78, 5) is 3.62. The van der Waals surface area contributed by atoms with Crippen LogP contribution < -0.4 is 5.73 Å². The summed E-state index contributed by atoms with van der Waals surface area (Å²) in [5.41, 5.74) is 6.02. The van der Waals surface area contributed by atoms with Gasteiger partial charge in [0.1, 0.15) is 0 Å². The summed E-state index contributed by atoms with van der Waals surface area (Å²) in [5.74, 6) is -0.519. The first kappa shape index (κ1) is 10.3. The third kappa shape index (κ3) is 1.91. The average molecular weight is 203 g/mol. The number of pyridine rings is 1. The van der Waals surface area contributed by atoms with Crippen LogP contribution in [0.1, 0.15) is 26.3 Å². The van der Waals surface area contributed by atoms with Crippen LogP contribution in [0.5, 0.6) is 0 Å². The van der Waals surface area contributed by atoms with E-state index in [9.17, 15) is 4.39 Å². The van der Waals surface area contributed by atoms with E-state index in [2.05, 4.69) is 4.98 Å². The van der Waals surface area contributed by atoms with Gasteiger partial charge in [-0.2, -0.15) is 0 Å². The first-order valence-electron chi connectivity index (χ1n) is 3.94. The lowest BCUT2D eigenvalue weighted by molar-refractivity contribution is 0.522. The molecule has 0 bridgehead atoms. The third-order valence-corrected chi connectivity index (χ3v) is 2.02. The van der Waals surface area contributed by atoms with Gasteiger partial charge in [0.15, 0.2) is 11.0 Å². The van der Waals surface area contributed by atoms with E-state index in [1.807, 2.05) is 20.8 Å². The molecule has 0 spiro atoms. The van der Waals surface area contributed by atoms with Gasteiger partial charge in [-0.15, -0.1) is 0 Å². The van der Waals surface area contributed by atoms with Crippen LogP contribution in [0.25, 0.3) is 0 Å². The molecule has 1 heterocycles. The van der Waals surface area contributed by atoms with E-state index >= 15 is 0 Å². The first-order chi connectivity index (χ1) is 5.84. The van der Waals surface area contributed by atoms with Crippen molar-refractivity contribution in [3.8, 4) is 0 Å². The van der Waals surface area contributed by atoms with Gasteiger partial charge < -0.3 is 5.73 Å². The quantitative estimate of drug-likeness (QED) is 0.657. The largest absolute Gasteiger partial charge is 0.397 e. The summed E-state index contributed by atoms with van der Waals surface area (Å²) in [6.45, 7) is 5.62. The number of rotatable bonds is 0. The number of nitrogens with two attached hydrogens (primary N) is 1. The standard InChI is InChI=1S/C9H12ClFN2/c1-9(2,3)6-5(12)4-13-8(10)7(6)11/h4H,12H2,1-3H3. The fraction of sp³-hybridized carbons (Fsp3) is 0.444. The Balaban J connectivity index is 3.43. The van der Waals surface area contributed by atoms with Crippen molar-refractivity contribution in [3.05, 3.63) is 22.7 Å². The summed E-state index contributed by atoms with van der Waals surface area (Å²) in [6.07, 6.45) is 1.38. The van der Waals surface area contributed by atoms with E-state index in [0.29, 0.717) is 11.3 Å². The van der Waals surface area contributed by atoms with Crippen molar-refractivity contribution in [1.82, 2.24) is 4.98 Å². The number of halogens is 2. The van der Waals surface area contributed by atoms with Crippen molar-refractivity contribution in [2.24, 2.45) is 0 Å². The molecule has 0 aliphatic rings. The van der Waals surface area contributed by atoms with Crippen molar-refractivity contribution in [3.63, 3.8) is 0 Å². The number of anilines is 1. The zero-order chi connectivity index (χ0) is 10.2. The van der Waals surface area contributed by atoms with E-state index in [1.54, 1.807) is 0 Å². The Kier molecular flexibility index (Phi) is 2.48. The van der Waals surface area contributed by atoms with Crippen LogP contribution in [-0.4, -0.2) is 4.98 Å². The Morgan fingerprint density at radius 1 is 1.46 bits per heavy atom. The minimum atomic E-state index is -0.519. The second-order valence-electron chi connectivity index (χ2n) is 3.94. The maximum atomic E-state index is 13.5. The highest BCUT2D eigenvalue weighted by Gasteiger charge is 2.23. The summed E-state index contributed by atoms with van der Waals surface area (Å²) < 4.78 is 13.5. The van der Waals surface area contributed by atoms with Gasteiger partial charge in [-0.1, -0.05) is 32.4 Å². The summed E-state index contributed by atoms with van der Waals surface area (Å²) >= 11 is 5.55. The fourth-order valence-corrected chi connectivity index (χ4v) is 1.38. The van der Waals surface area contributed by atoms with Gasteiger partial charge in [0.05, 0.1) is 11.9 Å². The van der Waals surface area contributed by atoms with Crippen LogP contribution in [-0.2, 0) is 5.41 Å². The molecule has 2 nitrogen and oxygen atoms in total. The smallest absolute Gasteiger partial charge is 0.166 e. The molecule has 72 valence electrons. The Labute approximate surface area is 81.9 Å². The van der Waals surface area contributed by atoms with Gasteiger partial charge in [0, 0.05) is 5.56 Å². The molecule has 0 aliphatic heterocycles. The zero-order valence-electron chi connectivity index (χ0n) is 7.86. The molecule has 4 heteroatoms. The summed E-state index contributed by atoms with van der Waals surface area (Å²) in [5, 5.41) is -0.126. The molecular weight excluding hydrogens is 191 g/mol. The average Bonchev–Trinajstić information content (AvgIpc) is 1.95. The number of hydrogen-bond acceptors (Lipinski definition) is 2. The lowest BCUT2D eigenvalue weighted by Crippen LogP contribution is -2.17. The van der Waals surface area contributed by atoms with E-state index in [-0.39, 0.29) is 10.6 Å². The van der Waals surface area contributed by atoms with E-state index in [0.717, 1.165) is 0 Å². The number of nitrogens with zero attached hydrogens (tertiary/aromatic N) is 1. The molecular formula is C9H12ClFN2. The van der Waals surface area contributed by atoms with Gasteiger partial charge in [0.2, 0.25) is 0 Å². The van der Waals surface area contributed by atoms with Crippen molar-refractivity contribution in [1.29, 1.82) is 0 Å². The van der Waals surface area contributed by atoms with Crippen LogP contribution in [0.4, 0.5) is 10.1 Å². The fourth-order valence-electron chi connectivity index (χ4n) is 1.24. The molecule has 0 aliphatic carbocycles. The van der Waals surface area contributed by atoms with Crippen LogP contribution in [0.15, 0.2) is 6.20 Å². The third-order valence-electron chi connectivity index (χ3n) is 1.76. The summed E-state index contributed by atoms with van der Waals surface area (Å²) in [6, 6.07) is 0. The Morgan fingerprint density at radius 3 is 2.38 bits per heavy atom. The van der Waals surface area contributed by atoms with Crippen LogP contribution >= 0.6 is 11.6 Å². The highest BCUT2D eigenvalue weighted by Crippen LogP contribution is 2.32. The molecule has 0 amide bonds. The van der Waals surface area contributed by atoms with Gasteiger partial charge in [0.25, 0.3) is 0 Å². The maximum Gasteiger partial charge on any atom is 0.166 e. The molecule has 0 radical (unpaired) electrons. The van der Waals surface area contributed by atoms with Crippen molar-refractivity contribution < 1.29 is 4.39 Å². The van der Waals surface area contributed by atoms with Gasteiger partial charge in [-0.05, 0) is 5.41 Å². The Bertz CT molecular complexity index is 331. The molecule has 1 rings (SSSR count). The monoisotopic (exact) mass is 202 g/mol. The molecule has 1 aromatic rings. The number of aromatic nitrogens is 1. The van der Waals surface area contributed by atoms with Gasteiger partial charge in [-0.25, -0.2) is 9.37 Å². The van der Waals surface area contributed by atoms with Gasteiger partial charge in [-0.3, -0.25) is 0 Å². The Hall–Kier alpha value is -0.830. The van der Waals surface area contributed by atoms with Crippen LogP contribution in [0, 0.1) is 5.82 Å². The minimum absolute atomic E-state index is 0.126. The van der Waals surface area contributed by atoms with E-state index < -0.39 is 5.82 Å². The van der Waals surface area contributed by atoms with Crippen molar-refractivity contribution in [2.45, 2.75) is 26.2 Å². The highest BCUT2D eigenvalue weighted by atomic mass is 35.5. The van der Waals surface area contributed by atoms with Crippen LogP contribution in [0.3, 0.4) is 0 Å². The zero-order valence-corrected chi connectivity index (χ0v) is 8.61. The lowest BCUT2D eigenvalue weighted by Gasteiger charge is -2.21. The molecule has 0 saturated heterocycles. The second kappa shape index (κ2) is 3.14. The first-order valence-corrected chi connectivity index (χ1v) is 4.32. The number of nitrogen functional groups attached to an aromatic ring is 1. The Morgan fingerprint density at radius 2 is 2.00 bits per heavy atom. The van der Waals surface area contributed by atoms with E-state index in [4.69, 9.17) is 17.3 Å². The molecule has 2 N–H and O–H groups in total. The highest BCUT2D eigenvalue weighted by molar-refractivity contribution is 6.29. The predicted octanol–water partition coefficient (Wildman–Crippen LogP) is 2.75. The molecule has 13 heavy (non-hydrogen) atoms. The van der Waals surface area contributed by atoms with Gasteiger partial charge >= 0.3 is 0 Å². The SMILES string of the molecule is CC(C)(C)c1c(N)cnc(Cl)c1F. The predicted molar refractivity (Wildman–Crippen MR) is 52.3 cm³/mol. The molecule has 0 unspecified atom stereocenters. The second-order valence-corrected chi connectivity index (χ2v) is 4.30. The van der Waals surface area contributed by atoms with Crippen molar-refractivity contribution >= 4 is 17.3 Å². The molecule has 0 atom stereocenters. The topological polar surface area (TPSA) is 38.9 Å². The normalized spacial score (nSPS) is 11.8. The van der Waals surface area contributed by atoms with Crippen molar-refractivity contribution in [2.75, 3.05) is 5.73 Å². The molecule has 1 aromatic heterocycles.